The summed E-state index contributed by atoms with van der Waals surface area (Å²) >= 11 is 5.33. The summed E-state index contributed by atoms with van der Waals surface area (Å²) in [5.74, 6) is 0.604. The van der Waals surface area contributed by atoms with E-state index in [-0.39, 0.29) is 0 Å². The molecular weight excluding hydrogens is 330 g/mol. The molecular formula is C19H24N5S+. The lowest BCUT2D eigenvalue weighted by atomic mass is 10.2. The minimum atomic E-state index is 0.510. The molecule has 0 radical (unpaired) electrons. The maximum absolute atomic E-state index is 6.19. The Labute approximate surface area is 154 Å². The average molecular weight is 355 g/mol. The number of benzene rings is 2. The van der Waals surface area contributed by atoms with E-state index in [9.17, 15) is 0 Å². The molecule has 0 unspecified atom stereocenters. The summed E-state index contributed by atoms with van der Waals surface area (Å²) in [6.07, 6.45) is 0. The molecule has 6 heteroatoms. The van der Waals surface area contributed by atoms with Crippen molar-refractivity contribution in [3.8, 4) is 0 Å². The molecule has 3 rings (SSSR count). The highest BCUT2D eigenvalue weighted by Gasteiger charge is 2.19. The second-order valence-corrected chi connectivity index (χ2v) is 6.49. The first-order valence-corrected chi connectivity index (χ1v) is 8.88. The number of nitrogens with two attached hydrogens (primary N) is 1. The molecule has 5 nitrogen and oxygen atoms in total. The standard InChI is InChI=1S/C19H23N5S/c20-18(22-19(25)21-17-9-5-2-6-10-17)24-13-11-23(12-14-24)15-16-7-3-1-4-8-16/h1-10H,11-15H2,(H3,20,21,22,25)/p+1. The molecule has 1 saturated heterocycles. The van der Waals surface area contributed by atoms with Crippen molar-refractivity contribution in [2.75, 3.05) is 31.5 Å². The second kappa shape index (κ2) is 8.60. The number of nitrogens with one attached hydrogen (secondary N) is 2. The topological polar surface area (TPSA) is 56.3 Å². The summed E-state index contributed by atoms with van der Waals surface area (Å²) in [6, 6.07) is 20.4. The van der Waals surface area contributed by atoms with Crippen molar-refractivity contribution in [2.24, 2.45) is 5.73 Å². The fraction of sp³-hybridized carbons (Fsp3) is 0.263. The number of hydrogen-bond acceptors (Lipinski definition) is 2. The number of hydrogen-bond donors (Lipinski definition) is 3. The van der Waals surface area contributed by atoms with Crippen molar-refractivity contribution >= 4 is 29.0 Å². The van der Waals surface area contributed by atoms with E-state index in [2.05, 4.69) is 50.4 Å². The van der Waals surface area contributed by atoms with Crippen LogP contribution in [0.15, 0.2) is 60.7 Å². The van der Waals surface area contributed by atoms with Crippen molar-refractivity contribution in [1.29, 1.82) is 0 Å². The van der Waals surface area contributed by atoms with E-state index in [1.165, 1.54) is 5.56 Å². The van der Waals surface area contributed by atoms with E-state index in [1.807, 2.05) is 30.3 Å². The van der Waals surface area contributed by atoms with Crippen LogP contribution in [0.4, 0.5) is 5.69 Å². The number of rotatable bonds is 3. The van der Waals surface area contributed by atoms with Gasteiger partial charge in [0.25, 0.3) is 0 Å². The smallest absolute Gasteiger partial charge is 0.320 e. The molecule has 0 spiro atoms. The SMILES string of the molecule is NC(NC(=S)Nc1ccccc1)=[N+]1CCN(Cc2ccccc2)CC1. The highest BCUT2D eigenvalue weighted by molar-refractivity contribution is 7.80. The molecule has 0 aromatic heterocycles. The minimum absolute atomic E-state index is 0.510. The van der Waals surface area contributed by atoms with Crippen LogP contribution in [0.1, 0.15) is 5.56 Å². The van der Waals surface area contributed by atoms with Crippen molar-refractivity contribution in [1.82, 2.24) is 10.2 Å². The van der Waals surface area contributed by atoms with E-state index >= 15 is 0 Å². The van der Waals surface area contributed by atoms with E-state index in [1.54, 1.807) is 0 Å². The van der Waals surface area contributed by atoms with E-state index in [4.69, 9.17) is 18.0 Å². The first kappa shape index (κ1) is 17.4. The van der Waals surface area contributed by atoms with Gasteiger partial charge in [-0.1, -0.05) is 48.5 Å². The number of piperazine rings is 1. The van der Waals surface area contributed by atoms with Crippen LogP contribution in [0.2, 0.25) is 0 Å². The third-order valence-corrected chi connectivity index (χ3v) is 4.44. The molecule has 0 saturated carbocycles. The van der Waals surface area contributed by atoms with Gasteiger partial charge in [0.2, 0.25) is 5.11 Å². The van der Waals surface area contributed by atoms with Crippen LogP contribution in [0.3, 0.4) is 0 Å². The Balaban J connectivity index is 1.49. The van der Waals surface area contributed by atoms with Crippen LogP contribution in [-0.2, 0) is 6.54 Å². The van der Waals surface area contributed by atoms with Gasteiger partial charge < -0.3 is 5.32 Å². The summed E-state index contributed by atoms with van der Waals surface area (Å²) in [4.78, 5) is 2.44. The average Bonchev–Trinajstić information content (AvgIpc) is 2.64. The van der Waals surface area contributed by atoms with Gasteiger partial charge in [0.15, 0.2) is 0 Å². The highest BCUT2D eigenvalue weighted by Crippen LogP contribution is 2.07. The zero-order valence-corrected chi connectivity index (χ0v) is 15.0. The Hall–Kier alpha value is -2.44. The molecule has 2 aromatic rings. The third-order valence-electron chi connectivity index (χ3n) is 4.24. The zero-order chi connectivity index (χ0) is 17.5. The third kappa shape index (κ3) is 5.27. The predicted octanol–water partition coefficient (Wildman–Crippen LogP) is 1.82. The quantitative estimate of drug-likeness (QED) is 0.446. The second-order valence-electron chi connectivity index (χ2n) is 6.08. The van der Waals surface area contributed by atoms with Gasteiger partial charge in [0.1, 0.15) is 0 Å². The number of thiocarbonyl (C=S) groups is 1. The number of guanidine groups is 1. The van der Waals surface area contributed by atoms with Crippen LogP contribution in [0, 0.1) is 0 Å². The lowest BCUT2D eigenvalue weighted by Gasteiger charge is -2.28. The molecule has 0 bridgehead atoms. The molecule has 130 valence electrons. The van der Waals surface area contributed by atoms with Gasteiger partial charge in [-0.15, -0.1) is 0 Å². The van der Waals surface area contributed by atoms with E-state index in [0.717, 1.165) is 38.4 Å². The summed E-state index contributed by atoms with van der Waals surface area (Å²) in [5.41, 5.74) is 8.48. The minimum Gasteiger partial charge on any atom is -0.320 e. The molecule has 1 fully saturated rings. The van der Waals surface area contributed by atoms with Crippen LogP contribution >= 0.6 is 12.2 Å². The predicted molar refractivity (Wildman–Crippen MR) is 107 cm³/mol. The highest BCUT2D eigenvalue weighted by atomic mass is 32.1. The molecule has 0 amide bonds. The van der Waals surface area contributed by atoms with Crippen LogP contribution in [-0.4, -0.2) is 46.7 Å². The summed E-state index contributed by atoms with van der Waals surface area (Å²) < 4.78 is 2.14. The van der Waals surface area contributed by atoms with Gasteiger partial charge in [-0.05, 0) is 29.9 Å². The normalized spacial score (nSPS) is 14.8. The molecule has 2 aromatic carbocycles. The first-order chi connectivity index (χ1) is 12.2. The first-order valence-electron chi connectivity index (χ1n) is 8.47. The summed E-state index contributed by atoms with van der Waals surface area (Å²) in [6.45, 7) is 4.72. The van der Waals surface area contributed by atoms with Gasteiger partial charge in [-0.2, -0.15) is 0 Å². The lowest BCUT2D eigenvalue weighted by molar-refractivity contribution is -0.542. The van der Waals surface area contributed by atoms with Crippen molar-refractivity contribution in [3.63, 3.8) is 0 Å². The fourth-order valence-corrected chi connectivity index (χ4v) is 3.09. The van der Waals surface area contributed by atoms with Gasteiger partial charge in [0, 0.05) is 25.3 Å². The molecule has 1 aliphatic heterocycles. The van der Waals surface area contributed by atoms with Crippen molar-refractivity contribution < 1.29 is 4.58 Å². The molecule has 1 heterocycles. The molecule has 25 heavy (non-hydrogen) atoms. The summed E-state index contributed by atoms with van der Waals surface area (Å²) in [7, 11) is 0. The Kier molecular flexibility index (Phi) is 5.98. The maximum atomic E-state index is 6.19. The Morgan fingerprint density at radius 3 is 2.24 bits per heavy atom. The number of para-hydroxylation sites is 1. The Morgan fingerprint density at radius 2 is 1.60 bits per heavy atom. The number of anilines is 1. The van der Waals surface area contributed by atoms with Crippen LogP contribution in [0.25, 0.3) is 0 Å². The monoisotopic (exact) mass is 354 g/mol. The molecule has 0 atom stereocenters. The molecule has 0 aliphatic carbocycles. The Morgan fingerprint density at radius 1 is 1.00 bits per heavy atom. The van der Waals surface area contributed by atoms with Gasteiger partial charge >= 0.3 is 5.96 Å². The van der Waals surface area contributed by atoms with Crippen LogP contribution in [0.5, 0.6) is 0 Å². The molecule has 1 aliphatic rings. The Bertz CT molecular complexity index is 720. The number of nitrogens with zero attached hydrogens (tertiary/aromatic N) is 2. The van der Waals surface area contributed by atoms with Gasteiger partial charge in [-0.3, -0.25) is 15.2 Å². The largest absolute Gasteiger partial charge is 0.350 e. The van der Waals surface area contributed by atoms with Gasteiger partial charge in [-0.25, -0.2) is 5.32 Å². The summed E-state index contributed by atoms with van der Waals surface area (Å²) in [5, 5.41) is 6.73. The van der Waals surface area contributed by atoms with Gasteiger partial charge in [0.05, 0.1) is 13.1 Å². The van der Waals surface area contributed by atoms with Crippen LogP contribution < -0.4 is 16.4 Å². The molecule has 4 N–H and O–H groups in total. The maximum Gasteiger partial charge on any atom is 0.350 e. The lowest BCUT2D eigenvalue weighted by Crippen LogP contribution is -2.51. The fourth-order valence-electron chi connectivity index (χ4n) is 2.87. The van der Waals surface area contributed by atoms with E-state index in [0.29, 0.717) is 11.1 Å². The van der Waals surface area contributed by atoms with E-state index < -0.39 is 0 Å². The van der Waals surface area contributed by atoms with Crippen molar-refractivity contribution in [2.45, 2.75) is 6.54 Å². The zero-order valence-electron chi connectivity index (χ0n) is 14.2. The van der Waals surface area contributed by atoms with Crippen molar-refractivity contribution in [3.05, 3.63) is 66.2 Å².